The molecule has 0 amide bonds. The molecule has 0 aromatic rings. The highest BCUT2D eigenvalue weighted by Crippen LogP contribution is 2.46. The van der Waals surface area contributed by atoms with Crippen LogP contribution in [-0.4, -0.2) is 31.1 Å². The molecular formula is C15H25NO2. The van der Waals surface area contributed by atoms with Gasteiger partial charge < -0.3 is 10.1 Å². The maximum atomic E-state index is 12.8. The molecule has 3 heteroatoms. The number of nitrogens with one attached hydrogen (secondary N) is 1. The third-order valence-corrected chi connectivity index (χ3v) is 5.43. The fraction of sp³-hybridized carbons (Fsp3) is 0.933. The Hall–Kier alpha value is -0.410. The lowest BCUT2D eigenvalue weighted by Gasteiger charge is -2.48. The van der Waals surface area contributed by atoms with Crippen LogP contribution in [-0.2, 0) is 9.53 Å². The summed E-state index contributed by atoms with van der Waals surface area (Å²) >= 11 is 0. The molecule has 2 aliphatic heterocycles. The van der Waals surface area contributed by atoms with Crippen LogP contribution in [0.4, 0.5) is 0 Å². The smallest absolute Gasteiger partial charge is 0.142 e. The molecule has 102 valence electrons. The summed E-state index contributed by atoms with van der Waals surface area (Å²) < 4.78 is 5.94. The van der Waals surface area contributed by atoms with Crippen molar-refractivity contribution in [1.29, 1.82) is 0 Å². The fourth-order valence-corrected chi connectivity index (χ4v) is 3.89. The van der Waals surface area contributed by atoms with Crippen molar-refractivity contribution in [1.82, 2.24) is 5.32 Å². The summed E-state index contributed by atoms with van der Waals surface area (Å²) in [5, 5.41) is 3.36. The van der Waals surface area contributed by atoms with Crippen LogP contribution in [0.1, 0.15) is 51.9 Å². The van der Waals surface area contributed by atoms with Gasteiger partial charge in [0, 0.05) is 17.9 Å². The average Bonchev–Trinajstić information content (AvgIpc) is 2.37. The van der Waals surface area contributed by atoms with Crippen molar-refractivity contribution in [3.05, 3.63) is 0 Å². The van der Waals surface area contributed by atoms with Gasteiger partial charge in [-0.2, -0.15) is 0 Å². The molecule has 3 rings (SSSR count). The van der Waals surface area contributed by atoms with Crippen molar-refractivity contribution in [2.75, 3.05) is 19.7 Å². The van der Waals surface area contributed by atoms with Gasteiger partial charge in [-0.15, -0.1) is 0 Å². The Morgan fingerprint density at radius 1 is 1.22 bits per heavy atom. The van der Waals surface area contributed by atoms with Crippen LogP contribution in [0.15, 0.2) is 0 Å². The number of hydrogen-bond donors (Lipinski definition) is 1. The number of piperidine rings is 1. The molecule has 3 aliphatic rings. The zero-order valence-corrected chi connectivity index (χ0v) is 11.5. The van der Waals surface area contributed by atoms with Gasteiger partial charge in [-0.05, 0) is 58.0 Å². The summed E-state index contributed by atoms with van der Waals surface area (Å²) in [7, 11) is 0. The topological polar surface area (TPSA) is 38.3 Å². The molecule has 3 nitrogen and oxygen atoms in total. The van der Waals surface area contributed by atoms with Gasteiger partial charge in [-0.3, -0.25) is 4.79 Å². The Labute approximate surface area is 110 Å². The molecule has 1 saturated carbocycles. The number of carbonyl (C=O) groups excluding carboxylic acids is 1. The van der Waals surface area contributed by atoms with Gasteiger partial charge in [0.1, 0.15) is 5.78 Å². The maximum Gasteiger partial charge on any atom is 0.142 e. The number of rotatable bonds is 2. The zero-order valence-electron chi connectivity index (χ0n) is 11.5. The highest BCUT2D eigenvalue weighted by atomic mass is 16.5. The van der Waals surface area contributed by atoms with E-state index in [2.05, 4.69) is 12.2 Å². The molecule has 18 heavy (non-hydrogen) atoms. The molecule has 0 aromatic carbocycles. The zero-order chi connectivity index (χ0) is 12.6. The number of ketones is 1. The molecule has 0 aromatic heterocycles. The van der Waals surface area contributed by atoms with E-state index >= 15 is 0 Å². The Morgan fingerprint density at radius 3 is 2.56 bits per heavy atom. The quantitative estimate of drug-likeness (QED) is 0.818. The first-order chi connectivity index (χ1) is 8.64. The van der Waals surface area contributed by atoms with E-state index in [1.807, 2.05) is 0 Å². The van der Waals surface area contributed by atoms with E-state index in [1.165, 1.54) is 19.3 Å². The molecule has 1 unspecified atom stereocenters. The second-order valence-corrected chi connectivity index (χ2v) is 6.75. The first-order valence-electron chi connectivity index (χ1n) is 7.53. The van der Waals surface area contributed by atoms with Crippen LogP contribution in [0.25, 0.3) is 0 Å². The predicted octanol–water partition coefficient (Wildman–Crippen LogP) is 2.29. The lowest BCUT2D eigenvalue weighted by molar-refractivity contribution is -0.161. The number of hydrogen-bond acceptors (Lipinski definition) is 3. The van der Waals surface area contributed by atoms with Crippen LogP contribution in [0, 0.1) is 11.3 Å². The van der Waals surface area contributed by atoms with Crippen LogP contribution < -0.4 is 5.32 Å². The lowest BCUT2D eigenvalue weighted by atomic mass is 9.66. The largest absolute Gasteiger partial charge is 0.375 e. The Balaban J connectivity index is 1.67. The number of carbonyl (C=O) groups is 1. The van der Waals surface area contributed by atoms with Gasteiger partial charge in [0.05, 0.1) is 5.60 Å². The molecule has 0 bridgehead atoms. The van der Waals surface area contributed by atoms with Crippen LogP contribution in [0.2, 0.25) is 0 Å². The number of ether oxygens (including phenoxy) is 1. The van der Waals surface area contributed by atoms with Crippen molar-refractivity contribution < 1.29 is 9.53 Å². The van der Waals surface area contributed by atoms with Crippen LogP contribution >= 0.6 is 0 Å². The predicted molar refractivity (Wildman–Crippen MR) is 70.5 cm³/mol. The molecule has 2 saturated heterocycles. The molecule has 1 atom stereocenters. The summed E-state index contributed by atoms with van der Waals surface area (Å²) in [6.07, 6.45) is 7.59. The standard InChI is InChI=1S/C15H25NO2/c1-14(6-8-16-9-7-14)13(17)12-3-10-18-15(11-12)4-2-5-15/h12,16H,2-11H2,1H3. The van der Waals surface area contributed by atoms with Crippen molar-refractivity contribution in [3.63, 3.8) is 0 Å². The molecule has 1 aliphatic carbocycles. The van der Waals surface area contributed by atoms with Gasteiger partial charge in [0.15, 0.2) is 0 Å². The average molecular weight is 251 g/mol. The first kappa shape index (κ1) is 12.6. The fourth-order valence-electron chi connectivity index (χ4n) is 3.89. The second kappa shape index (κ2) is 4.61. The highest BCUT2D eigenvalue weighted by molar-refractivity contribution is 5.87. The minimum absolute atomic E-state index is 0.0712. The monoisotopic (exact) mass is 251 g/mol. The summed E-state index contributed by atoms with van der Waals surface area (Å²) in [6, 6.07) is 0. The minimum atomic E-state index is -0.0712. The third kappa shape index (κ3) is 2.12. The lowest BCUT2D eigenvalue weighted by Crippen LogP contribution is -2.50. The minimum Gasteiger partial charge on any atom is -0.375 e. The summed E-state index contributed by atoms with van der Waals surface area (Å²) in [6.45, 7) is 4.97. The SMILES string of the molecule is CC1(C(=O)C2CCOC3(CCC3)C2)CCNCC1. The van der Waals surface area contributed by atoms with Gasteiger partial charge in [0.2, 0.25) is 0 Å². The van der Waals surface area contributed by atoms with E-state index in [0.29, 0.717) is 5.78 Å². The molecule has 3 fully saturated rings. The van der Waals surface area contributed by atoms with Gasteiger partial charge in [-0.25, -0.2) is 0 Å². The molecule has 1 N–H and O–H groups in total. The Bertz CT molecular complexity index is 329. The summed E-state index contributed by atoms with van der Waals surface area (Å²) in [5.74, 6) is 0.792. The van der Waals surface area contributed by atoms with E-state index in [1.54, 1.807) is 0 Å². The maximum absolute atomic E-state index is 12.8. The van der Waals surface area contributed by atoms with E-state index in [-0.39, 0.29) is 16.9 Å². The van der Waals surface area contributed by atoms with E-state index in [9.17, 15) is 4.79 Å². The summed E-state index contributed by atoms with van der Waals surface area (Å²) in [5.41, 5.74) is 0.0278. The summed E-state index contributed by atoms with van der Waals surface area (Å²) in [4.78, 5) is 12.8. The number of Topliss-reactive ketones (excluding diaryl/α,β-unsaturated/α-hetero) is 1. The normalized spacial score (nSPS) is 33.9. The molecule has 0 radical (unpaired) electrons. The van der Waals surface area contributed by atoms with Gasteiger partial charge in [0.25, 0.3) is 0 Å². The first-order valence-corrected chi connectivity index (χ1v) is 7.53. The second-order valence-electron chi connectivity index (χ2n) is 6.75. The highest BCUT2D eigenvalue weighted by Gasteiger charge is 2.47. The van der Waals surface area contributed by atoms with Crippen molar-refractivity contribution >= 4 is 5.78 Å². The Morgan fingerprint density at radius 2 is 1.94 bits per heavy atom. The van der Waals surface area contributed by atoms with Gasteiger partial charge >= 0.3 is 0 Å². The molecule has 2 heterocycles. The third-order valence-electron chi connectivity index (χ3n) is 5.43. The van der Waals surface area contributed by atoms with Crippen molar-refractivity contribution in [2.45, 2.75) is 57.5 Å². The van der Waals surface area contributed by atoms with Crippen LogP contribution in [0.3, 0.4) is 0 Å². The van der Waals surface area contributed by atoms with E-state index < -0.39 is 0 Å². The van der Waals surface area contributed by atoms with E-state index in [4.69, 9.17) is 4.74 Å². The Kier molecular flexibility index (Phi) is 3.23. The van der Waals surface area contributed by atoms with Crippen molar-refractivity contribution in [3.8, 4) is 0 Å². The van der Waals surface area contributed by atoms with Crippen molar-refractivity contribution in [2.24, 2.45) is 11.3 Å². The molecule has 1 spiro atoms. The molecular weight excluding hydrogens is 226 g/mol. The van der Waals surface area contributed by atoms with Gasteiger partial charge in [-0.1, -0.05) is 6.92 Å². The van der Waals surface area contributed by atoms with E-state index in [0.717, 1.165) is 45.4 Å². The van der Waals surface area contributed by atoms with Crippen LogP contribution in [0.5, 0.6) is 0 Å².